The van der Waals surface area contributed by atoms with Gasteiger partial charge in [0.1, 0.15) is 0 Å². The molecule has 1 fully saturated rings. The van der Waals surface area contributed by atoms with Gasteiger partial charge in [-0.1, -0.05) is 38.1 Å². The molecular weight excluding hydrogens is 198 g/mol. The van der Waals surface area contributed by atoms with Crippen molar-refractivity contribution in [2.75, 3.05) is 19.7 Å². The van der Waals surface area contributed by atoms with Crippen molar-refractivity contribution in [1.29, 1.82) is 0 Å². The van der Waals surface area contributed by atoms with Crippen LogP contribution in [0.5, 0.6) is 0 Å². The minimum atomic E-state index is 0.226. The monoisotopic (exact) mass is 219 g/mol. The predicted molar refractivity (Wildman–Crippen MR) is 66.7 cm³/mol. The van der Waals surface area contributed by atoms with Crippen molar-refractivity contribution >= 4 is 0 Å². The van der Waals surface area contributed by atoms with E-state index in [1.54, 1.807) is 0 Å². The molecule has 1 unspecified atom stereocenters. The maximum atomic E-state index is 5.83. The molecule has 1 atom stereocenters. The van der Waals surface area contributed by atoms with Crippen LogP contribution in [-0.4, -0.2) is 19.7 Å². The zero-order valence-corrected chi connectivity index (χ0v) is 10.2. The van der Waals surface area contributed by atoms with Gasteiger partial charge < -0.3 is 10.1 Å². The Bertz CT molecular complexity index is 310. The lowest BCUT2D eigenvalue weighted by Gasteiger charge is -2.16. The molecule has 1 aliphatic rings. The summed E-state index contributed by atoms with van der Waals surface area (Å²) in [4.78, 5) is 0. The van der Waals surface area contributed by atoms with Gasteiger partial charge in [0, 0.05) is 13.2 Å². The fourth-order valence-electron chi connectivity index (χ4n) is 2.02. The Morgan fingerprint density at radius 2 is 2.00 bits per heavy atom. The minimum Gasteiger partial charge on any atom is -0.372 e. The van der Waals surface area contributed by atoms with Crippen molar-refractivity contribution in [3.8, 4) is 0 Å². The summed E-state index contributed by atoms with van der Waals surface area (Å²) in [7, 11) is 0. The molecule has 2 heteroatoms. The van der Waals surface area contributed by atoms with Crippen molar-refractivity contribution in [2.24, 2.45) is 0 Å². The molecule has 0 bridgehead atoms. The fourth-order valence-corrected chi connectivity index (χ4v) is 2.02. The van der Waals surface area contributed by atoms with Crippen LogP contribution in [0.1, 0.15) is 43.4 Å². The largest absolute Gasteiger partial charge is 0.372 e. The van der Waals surface area contributed by atoms with Crippen molar-refractivity contribution in [3.05, 3.63) is 35.4 Å². The Morgan fingerprint density at radius 1 is 1.25 bits per heavy atom. The van der Waals surface area contributed by atoms with E-state index < -0.39 is 0 Å². The molecule has 2 nitrogen and oxygen atoms in total. The van der Waals surface area contributed by atoms with E-state index in [1.165, 1.54) is 11.1 Å². The summed E-state index contributed by atoms with van der Waals surface area (Å²) >= 11 is 0. The van der Waals surface area contributed by atoms with Crippen LogP contribution in [0.2, 0.25) is 0 Å². The van der Waals surface area contributed by atoms with Crippen LogP contribution < -0.4 is 5.32 Å². The molecule has 88 valence electrons. The molecule has 1 aromatic carbocycles. The first-order chi connectivity index (χ1) is 7.77. The number of nitrogens with one attached hydrogen (secondary N) is 1. The van der Waals surface area contributed by atoms with Crippen LogP contribution in [-0.2, 0) is 4.74 Å². The van der Waals surface area contributed by atoms with E-state index in [-0.39, 0.29) is 6.10 Å². The SMILES string of the molecule is CC(C)c1ccc(C2CNCCCO2)cc1. The van der Waals surface area contributed by atoms with Crippen LogP contribution in [0.4, 0.5) is 0 Å². The zero-order valence-electron chi connectivity index (χ0n) is 10.2. The molecule has 0 spiro atoms. The first-order valence-corrected chi connectivity index (χ1v) is 6.19. The van der Waals surface area contributed by atoms with Crippen LogP contribution >= 0.6 is 0 Å². The highest BCUT2D eigenvalue weighted by Crippen LogP contribution is 2.21. The van der Waals surface area contributed by atoms with E-state index in [0.717, 1.165) is 26.1 Å². The molecule has 0 saturated carbocycles. The van der Waals surface area contributed by atoms with Gasteiger partial charge in [-0.15, -0.1) is 0 Å². The van der Waals surface area contributed by atoms with Crippen molar-refractivity contribution in [3.63, 3.8) is 0 Å². The summed E-state index contributed by atoms with van der Waals surface area (Å²) in [6.07, 6.45) is 1.34. The minimum absolute atomic E-state index is 0.226. The van der Waals surface area contributed by atoms with E-state index in [1.807, 2.05) is 0 Å². The van der Waals surface area contributed by atoms with Crippen molar-refractivity contribution in [2.45, 2.75) is 32.3 Å². The van der Waals surface area contributed by atoms with Gasteiger partial charge in [-0.2, -0.15) is 0 Å². The van der Waals surface area contributed by atoms with Gasteiger partial charge in [0.05, 0.1) is 6.10 Å². The summed E-state index contributed by atoms with van der Waals surface area (Å²) in [6, 6.07) is 8.84. The number of hydrogen-bond acceptors (Lipinski definition) is 2. The lowest BCUT2D eigenvalue weighted by Crippen LogP contribution is -2.20. The number of benzene rings is 1. The van der Waals surface area contributed by atoms with E-state index in [9.17, 15) is 0 Å². The van der Waals surface area contributed by atoms with Crippen LogP contribution in [0.25, 0.3) is 0 Å². The highest BCUT2D eigenvalue weighted by Gasteiger charge is 2.14. The van der Waals surface area contributed by atoms with Crippen molar-refractivity contribution in [1.82, 2.24) is 5.32 Å². The maximum absolute atomic E-state index is 5.83. The third-order valence-corrected chi connectivity index (χ3v) is 3.12. The highest BCUT2D eigenvalue weighted by molar-refractivity contribution is 5.26. The number of hydrogen-bond donors (Lipinski definition) is 1. The van der Waals surface area contributed by atoms with Gasteiger partial charge in [0.15, 0.2) is 0 Å². The normalized spacial score (nSPS) is 22.1. The molecule has 1 saturated heterocycles. The number of ether oxygens (including phenoxy) is 1. The van der Waals surface area contributed by atoms with Gasteiger partial charge in [-0.25, -0.2) is 0 Å². The van der Waals surface area contributed by atoms with Crippen LogP contribution in [0.3, 0.4) is 0 Å². The standard InChI is InChI=1S/C14H21NO/c1-11(2)12-4-6-13(7-5-12)14-10-15-8-3-9-16-14/h4-7,11,14-15H,3,8-10H2,1-2H3. The molecule has 1 aliphatic heterocycles. The molecule has 2 rings (SSSR count). The zero-order chi connectivity index (χ0) is 11.4. The second-order valence-corrected chi connectivity index (χ2v) is 4.74. The molecule has 0 aliphatic carbocycles. The second kappa shape index (κ2) is 5.46. The van der Waals surface area contributed by atoms with Gasteiger partial charge in [-0.05, 0) is 30.0 Å². The smallest absolute Gasteiger partial charge is 0.0949 e. The lowest BCUT2D eigenvalue weighted by atomic mass is 10.00. The topological polar surface area (TPSA) is 21.3 Å². The summed E-state index contributed by atoms with van der Waals surface area (Å²) in [5, 5.41) is 3.41. The molecule has 16 heavy (non-hydrogen) atoms. The van der Waals surface area contributed by atoms with E-state index in [0.29, 0.717) is 5.92 Å². The molecule has 0 radical (unpaired) electrons. The Balaban J connectivity index is 2.07. The average molecular weight is 219 g/mol. The molecular formula is C14H21NO. The maximum Gasteiger partial charge on any atom is 0.0949 e. The molecule has 0 aromatic heterocycles. The number of rotatable bonds is 2. The first-order valence-electron chi connectivity index (χ1n) is 6.19. The third kappa shape index (κ3) is 2.83. The molecule has 1 heterocycles. The van der Waals surface area contributed by atoms with E-state index in [4.69, 9.17) is 4.74 Å². The Hall–Kier alpha value is -0.860. The summed E-state index contributed by atoms with van der Waals surface area (Å²) in [5.41, 5.74) is 2.68. The van der Waals surface area contributed by atoms with Gasteiger partial charge >= 0.3 is 0 Å². The summed E-state index contributed by atoms with van der Waals surface area (Å²) < 4.78 is 5.83. The van der Waals surface area contributed by atoms with E-state index in [2.05, 4.69) is 43.4 Å². The lowest BCUT2D eigenvalue weighted by molar-refractivity contribution is 0.0669. The van der Waals surface area contributed by atoms with E-state index >= 15 is 0 Å². The van der Waals surface area contributed by atoms with Crippen molar-refractivity contribution < 1.29 is 4.74 Å². The Morgan fingerprint density at radius 3 is 2.69 bits per heavy atom. The van der Waals surface area contributed by atoms with Gasteiger partial charge in [-0.3, -0.25) is 0 Å². The highest BCUT2D eigenvalue weighted by atomic mass is 16.5. The summed E-state index contributed by atoms with van der Waals surface area (Å²) in [6.45, 7) is 7.31. The van der Waals surface area contributed by atoms with Crippen LogP contribution in [0.15, 0.2) is 24.3 Å². The Labute approximate surface area is 98.0 Å². The average Bonchev–Trinajstić information content (AvgIpc) is 2.57. The first kappa shape index (κ1) is 11.6. The quantitative estimate of drug-likeness (QED) is 0.826. The predicted octanol–water partition coefficient (Wildman–Crippen LogP) is 2.86. The summed E-state index contributed by atoms with van der Waals surface area (Å²) in [5.74, 6) is 0.599. The van der Waals surface area contributed by atoms with Gasteiger partial charge in [0.2, 0.25) is 0 Å². The molecule has 1 N–H and O–H groups in total. The third-order valence-electron chi connectivity index (χ3n) is 3.12. The van der Waals surface area contributed by atoms with Gasteiger partial charge in [0.25, 0.3) is 0 Å². The van der Waals surface area contributed by atoms with Crippen LogP contribution in [0, 0.1) is 0 Å². The Kier molecular flexibility index (Phi) is 3.97. The second-order valence-electron chi connectivity index (χ2n) is 4.74. The molecule has 1 aromatic rings. The fraction of sp³-hybridized carbons (Fsp3) is 0.571. The molecule has 0 amide bonds.